The van der Waals surface area contributed by atoms with Crippen LogP contribution in [0.5, 0.6) is 0 Å². The summed E-state index contributed by atoms with van der Waals surface area (Å²) in [6.07, 6.45) is 2.77. The molecular formula is C12H24N2O2. The van der Waals surface area contributed by atoms with Crippen molar-refractivity contribution in [1.29, 1.82) is 0 Å². The molecule has 0 bridgehead atoms. The van der Waals surface area contributed by atoms with Gasteiger partial charge in [-0.3, -0.25) is 4.79 Å². The van der Waals surface area contributed by atoms with Gasteiger partial charge in [0.05, 0.1) is 24.8 Å². The molecule has 94 valence electrons. The second-order valence-electron chi connectivity index (χ2n) is 4.59. The van der Waals surface area contributed by atoms with Gasteiger partial charge in [0.15, 0.2) is 0 Å². The molecule has 0 aliphatic carbocycles. The zero-order valence-corrected chi connectivity index (χ0v) is 10.6. The fourth-order valence-electron chi connectivity index (χ4n) is 2.10. The molecule has 1 fully saturated rings. The summed E-state index contributed by atoms with van der Waals surface area (Å²) in [6.45, 7) is 7.44. The monoisotopic (exact) mass is 228 g/mol. The minimum atomic E-state index is -0.343. The number of hydrogen-bond acceptors (Lipinski definition) is 3. The Morgan fingerprint density at radius 2 is 2.25 bits per heavy atom. The van der Waals surface area contributed by atoms with Crippen LogP contribution >= 0.6 is 0 Å². The first-order chi connectivity index (χ1) is 7.60. The third-order valence-electron chi connectivity index (χ3n) is 3.14. The fraction of sp³-hybridized carbons (Fsp3) is 0.917. The number of morpholine rings is 1. The van der Waals surface area contributed by atoms with E-state index in [-0.39, 0.29) is 24.1 Å². The van der Waals surface area contributed by atoms with Gasteiger partial charge >= 0.3 is 0 Å². The van der Waals surface area contributed by atoms with E-state index in [1.807, 2.05) is 18.7 Å². The molecule has 0 aromatic rings. The van der Waals surface area contributed by atoms with Gasteiger partial charge in [-0.05, 0) is 19.8 Å². The molecule has 1 rings (SSSR count). The van der Waals surface area contributed by atoms with E-state index in [0.717, 1.165) is 19.3 Å². The van der Waals surface area contributed by atoms with Crippen LogP contribution in [0.25, 0.3) is 0 Å². The molecule has 1 heterocycles. The summed E-state index contributed by atoms with van der Waals surface area (Å²) in [6, 6.07) is -0.143. The molecule has 1 amide bonds. The van der Waals surface area contributed by atoms with Crippen molar-refractivity contribution in [2.24, 2.45) is 5.73 Å². The maximum atomic E-state index is 12.1. The zero-order valence-electron chi connectivity index (χ0n) is 10.6. The number of nitrogens with zero attached hydrogens (tertiary/aromatic N) is 1. The van der Waals surface area contributed by atoms with Crippen LogP contribution in [-0.4, -0.2) is 42.1 Å². The molecule has 0 aromatic heterocycles. The van der Waals surface area contributed by atoms with Crippen molar-refractivity contribution in [3.8, 4) is 0 Å². The van der Waals surface area contributed by atoms with Crippen molar-refractivity contribution >= 4 is 5.91 Å². The fourth-order valence-corrected chi connectivity index (χ4v) is 2.10. The molecule has 16 heavy (non-hydrogen) atoms. The number of rotatable bonds is 4. The lowest BCUT2D eigenvalue weighted by Gasteiger charge is -2.39. The summed E-state index contributed by atoms with van der Waals surface area (Å²) in [5.74, 6) is 0.0869. The Morgan fingerprint density at radius 1 is 1.56 bits per heavy atom. The van der Waals surface area contributed by atoms with Gasteiger partial charge in [-0.25, -0.2) is 0 Å². The average molecular weight is 228 g/mol. The van der Waals surface area contributed by atoms with Crippen LogP contribution in [0.15, 0.2) is 0 Å². The Labute approximate surface area is 98.1 Å². The third kappa shape index (κ3) is 3.19. The summed E-state index contributed by atoms with van der Waals surface area (Å²) in [7, 11) is 0. The van der Waals surface area contributed by atoms with Crippen LogP contribution in [0.2, 0.25) is 0 Å². The van der Waals surface area contributed by atoms with E-state index >= 15 is 0 Å². The van der Waals surface area contributed by atoms with Gasteiger partial charge in [-0.1, -0.05) is 20.3 Å². The van der Waals surface area contributed by atoms with Gasteiger partial charge in [0.25, 0.3) is 0 Å². The molecule has 2 unspecified atom stereocenters. The molecular weight excluding hydrogens is 204 g/mol. The highest BCUT2D eigenvalue weighted by atomic mass is 16.5. The van der Waals surface area contributed by atoms with Crippen molar-refractivity contribution in [2.45, 2.75) is 58.2 Å². The number of nitrogens with two attached hydrogens (primary N) is 1. The Hall–Kier alpha value is -0.610. The van der Waals surface area contributed by atoms with E-state index in [1.54, 1.807) is 0 Å². The molecule has 0 spiro atoms. The van der Waals surface area contributed by atoms with Gasteiger partial charge in [0, 0.05) is 6.54 Å². The van der Waals surface area contributed by atoms with E-state index in [2.05, 4.69) is 6.92 Å². The number of amides is 1. The van der Waals surface area contributed by atoms with Crippen LogP contribution in [0.4, 0.5) is 0 Å². The van der Waals surface area contributed by atoms with Gasteiger partial charge < -0.3 is 15.4 Å². The summed E-state index contributed by atoms with van der Waals surface area (Å²) >= 11 is 0. The van der Waals surface area contributed by atoms with Crippen molar-refractivity contribution in [3.63, 3.8) is 0 Å². The second kappa shape index (κ2) is 6.21. The summed E-state index contributed by atoms with van der Waals surface area (Å²) in [5.41, 5.74) is 5.89. The zero-order chi connectivity index (χ0) is 12.1. The first-order valence-corrected chi connectivity index (χ1v) is 6.27. The number of carbonyl (C=O) groups excluding carboxylic acids is 1. The summed E-state index contributed by atoms with van der Waals surface area (Å²) in [5, 5.41) is 0. The van der Waals surface area contributed by atoms with Gasteiger partial charge in [0.2, 0.25) is 5.91 Å². The standard InChI is InChI=1S/C12H24N2O2/c1-4-6-11(13)12(15)14-7-9(3)16-8-10(14)5-2/h9-11H,4-8,13H2,1-3H3/t9?,10?,11-/m0/s1. The first kappa shape index (κ1) is 13.5. The SMILES string of the molecule is CCC[C@H](N)C(=O)N1CC(C)OCC1CC. The van der Waals surface area contributed by atoms with Gasteiger partial charge in [0.1, 0.15) is 0 Å². The molecule has 1 aliphatic heterocycles. The van der Waals surface area contributed by atoms with Crippen molar-refractivity contribution in [1.82, 2.24) is 4.90 Å². The van der Waals surface area contributed by atoms with Crippen molar-refractivity contribution < 1.29 is 9.53 Å². The minimum Gasteiger partial charge on any atom is -0.375 e. The smallest absolute Gasteiger partial charge is 0.239 e. The molecule has 0 saturated carbocycles. The number of ether oxygens (including phenoxy) is 1. The lowest BCUT2D eigenvalue weighted by Crippen LogP contribution is -2.55. The number of carbonyl (C=O) groups is 1. The van der Waals surface area contributed by atoms with Crippen LogP contribution in [0.3, 0.4) is 0 Å². The Morgan fingerprint density at radius 3 is 2.81 bits per heavy atom. The quantitative estimate of drug-likeness (QED) is 0.785. The predicted molar refractivity (Wildman–Crippen MR) is 64.1 cm³/mol. The number of hydrogen-bond donors (Lipinski definition) is 1. The maximum absolute atomic E-state index is 12.1. The highest BCUT2D eigenvalue weighted by molar-refractivity contribution is 5.82. The maximum Gasteiger partial charge on any atom is 0.239 e. The highest BCUT2D eigenvalue weighted by Gasteiger charge is 2.31. The predicted octanol–water partition coefficient (Wildman–Crippen LogP) is 1.14. The average Bonchev–Trinajstić information content (AvgIpc) is 2.28. The van der Waals surface area contributed by atoms with E-state index in [0.29, 0.717) is 13.2 Å². The van der Waals surface area contributed by atoms with E-state index in [4.69, 9.17) is 10.5 Å². The van der Waals surface area contributed by atoms with Crippen LogP contribution < -0.4 is 5.73 Å². The largest absolute Gasteiger partial charge is 0.375 e. The molecule has 1 saturated heterocycles. The molecule has 2 N–H and O–H groups in total. The first-order valence-electron chi connectivity index (χ1n) is 6.27. The van der Waals surface area contributed by atoms with Crippen LogP contribution in [0, 0.1) is 0 Å². The molecule has 0 aromatic carbocycles. The third-order valence-corrected chi connectivity index (χ3v) is 3.14. The Bertz CT molecular complexity index is 233. The topological polar surface area (TPSA) is 55.6 Å². The van der Waals surface area contributed by atoms with Gasteiger partial charge in [-0.2, -0.15) is 0 Å². The van der Waals surface area contributed by atoms with E-state index in [1.165, 1.54) is 0 Å². The Kier molecular flexibility index (Phi) is 5.22. The second-order valence-corrected chi connectivity index (χ2v) is 4.59. The minimum absolute atomic E-state index is 0.0869. The van der Waals surface area contributed by atoms with E-state index < -0.39 is 0 Å². The van der Waals surface area contributed by atoms with Crippen LogP contribution in [-0.2, 0) is 9.53 Å². The van der Waals surface area contributed by atoms with Crippen LogP contribution in [0.1, 0.15) is 40.0 Å². The lowest BCUT2D eigenvalue weighted by atomic mass is 10.1. The van der Waals surface area contributed by atoms with E-state index in [9.17, 15) is 4.79 Å². The molecule has 4 nitrogen and oxygen atoms in total. The van der Waals surface area contributed by atoms with Crippen molar-refractivity contribution in [3.05, 3.63) is 0 Å². The van der Waals surface area contributed by atoms with Gasteiger partial charge in [-0.15, -0.1) is 0 Å². The molecule has 3 atom stereocenters. The highest BCUT2D eigenvalue weighted by Crippen LogP contribution is 2.16. The molecule has 1 aliphatic rings. The molecule has 0 radical (unpaired) electrons. The lowest BCUT2D eigenvalue weighted by molar-refractivity contribution is -0.145. The normalized spacial score (nSPS) is 27.9. The summed E-state index contributed by atoms with van der Waals surface area (Å²) in [4.78, 5) is 14.1. The molecule has 4 heteroatoms. The van der Waals surface area contributed by atoms with Crippen molar-refractivity contribution in [2.75, 3.05) is 13.2 Å². The summed E-state index contributed by atoms with van der Waals surface area (Å²) < 4.78 is 5.57. The Balaban J connectivity index is 2.62.